The van der Waals surface area contributed by atoms with Crippen molar-refractivity contribution in [1.29, 1.82) is 0 Å². The van der Waals surface area contributed by atoms with Gasteiger partial charge in [0.2, 0.25) is 5.91 Å². The zero-order valence-electron chi connectivity index (χ0n) is 13.2. The van der Waals surface area contributed by atoms with Crippen LogP contribution in [0.15, 0.2) is 47.2 Å². The molecule has 122 valence electrons. The molecule has 0 aliphatic rings. The van der Waals surface area contributed by atoms with Crippen LogP contribution < -0.4 is 10.6 Å². The van der Waals surface area contributed by atoms with Gasteiger partial charge in [0, 0.05) is 30.5 Å². The van der Waals surface area contributed by atoms with Crippen LogP contribution >= 0.6 is 11.3 Å². The van der Waals surface area contributed by atoms with Crippen molar-refractivity contribution in [3.63, 3.8) is 0 Å². The highest BCUT2D eigenvalue weighted by atomic mass is 32.1. The molecule has 0 fully saturated rings. The highest BCUT2D eigenvalue weighted by Gasteiger charge is 2.08. The maximum Gasteiger partial charge on any atom is 0.252 e. The van der Waals surface area contributed by atoms with Crippen molar-refractivity contribution < 1.29 is 9.59 Å². The van der Waals surface area contributed by atoms with Crippen LogP contribution in [0.2, 0.25) is 0 Å². The quantitative estimate of drug-likeness (QED) is 0.730. The van der Waals surface area contributed by atoms with Gasteiger partial charge in [-0.05, 0) is 29.3 Å². The summed E-state index contributed by atoms with van der Waals surface area (Å²) in [5.74, 6) is 0.236. The van der Waals surface area contributed by atoms with Gasteiger partial charge >= 0.3 is 0 Å². The lowest BCUT2D eigenvalue weighted by Gasteiger charge is -2.13. The fourth-order valence-electron chi connectivity index (χ4n) is 2.20. The molecule has 0 spiro atoms. The summed E-state index contributed by atoms with van der Waals surface area (Å²) in [5, 5.41) is 9.45. The number of hydrogen-bond acceptors (Lipinski definition) is 3. The van der Waals surface area contributed by atoms with Gasteiger partial charge in [-0.15, -0.1) is 0 Å². The Bertz CT molecular complexity index is 611. The molecule has 0 aliphatic carbocycles. The molecule has 1 aromatic heterocycles. The Balaban J connectivity index is 1.59. The molecule has 2 N–H and O–H groups in total. The first kappa shape index (κ1) is 17.2. The molecule has 0 bridgehead atoms. The van der Waals surface area contributed by atoms with E-state index < -0.39 is 0 Å². The molecule has 0 saturated heterocycles. The van der Waals surface area contributed by atoms with Crippen LogP contribution in [0.3, 0.4) is 0 Å². The molecule has 1 heterocycles. The number of nitrogens with one attached hydrogen (secondary N) is 2. The molecule has 2 aromatic rings. The van der Waals surface area contributed by atoms with Crippen molar-refractivity contribution >= 4 is 23.2 Å². The van der Waals surface area contributed by atoms with E-state index in [-0.39, 0.29) is 11.8 Å². The average Bonchev–Trinajstić information content (AvgIpc) is 3.12. The van der Waals surface area contributed by atoms with E-state index >= 15 is 0 Å². The third-order valence-electron chi connectivity index (χ3n) is 3.62. The number of benzene rings is 1. The SMILES string of the molecule is C[C@@H](CNC(=O)CCCNC(=O)c1ccsc1)c1ccccc1. The van der Waals surface area contributed by atoms with Gasteiger partial charge in [-0.3, -0.25) is 9.59 Å². The monoisotopic (exact) mass is 330 g/mol. The molecule has 5 heteroatoms. The number of rotatable bonds is 8. The second kappa shape index (κ2) is 9.10. The fourth-order valence-corrected chi connectivity index (χ4v) is 2.84. The zero-order chi connectivity index (χ0) is 16.5. The van der Waals surface area contributed by atoms with Gasteiger partial charge < -0.3 is 10.6 Å². The van der Waals surface area contributed by atoms with Crippen molar-refractivity contribution in [1.82, 2.24) is 10.6 Å². The van der Waals surface area contributed by atoms with Crippen LogP contribution in [0.5, 0.6) is 0 Å². The Morgan fingerprint density at radius 1 is 1.13 bits per heavy atom. The van der Waals surface area contributed by atoms with Crippen LogP contribution in [0.4, 0.5) is 0 Å². The van der Waals surface area contributed by atoms with Crippen molar-refractivity contribution in [2.24, 2.45) is 0 Å². The molecule has 2 amide bonds. The Hall–Kier alpha value is -2.14. The predicted octanol–water partition coefficient (Wildman–Crippen LogP) is 3.18. The Morgan fingerprint density at radius 3 is 2.61 bits per heavy atom. The standard InChI is InChI=1S/C18H22N2O2S/c1-14(15-6-3-2-4-7-15)12-20-17(21)8-5-10-19-18(22)16-9-11-23-13-16/h2-4,6-7,9,11,13-14H,5,8,10,12H2,1H3,(H,19,22)(H,20,21)/t14-/m0/s1. The summed E-state index contributed by atoms with van der Waals surface area (Å²) in [6.07, 6.45) is 1.06. The summed E-state index contributed by atoms with van der Waals surface area (Å²) in [5.41, 5.74) is 1.90. The smallest absolute Gasteiger partial charge is 0.252 e. The van der Waals surface area contributed by atoms with E-state index in [0.717, 1.165) is 0 Å². The Labute approximate surface area is 140 Å². The summed E-state index contributed by atoms with van der Waals surface area (Å²) in [6, 6.07) is 11.9. The fraction of sp³-hybridized carbons (Fsp3) is 0.333. The van der Waals surface area contributed by atoms with Crippen molar-refractivity contribution in [2.75, 3.05) is 13.1 Å². The first-order valence-corrected chi connectivity index (χ1v) is 8.73. The first-order valence-electron chi connectivity index (χ1n) is 7.79. The molecular formula is C18H22N2O2S. The number of carbonyl (C=O) groups excluding carboxylic acids is 2. The molecule has 1 atom stereocenters. The molecule has 0 aliphatic heterocycles. The van der Waals surface area contributed by atoms with E-state index in [1.165, 1.54) is 16.9 Å². The van der Waals surface area contributed by atoms with Crippen molar-refractivity contribution in [2.45, 2.75) is 25.7 Å². The van der Waals surface area contributed by atoms with Crippen LogP contribution in [-0.4, -0.2) is 24.9 Å². The van der Waals surface area contributed by atoms with Gasteiger partial charge in [0.25, 0.3) is 5.91 Å². The predicted molar refractivity (Wildman–Crippen MR) is 93.8 cm³/mol. The van der Waals surface area contributed by atoms with E-state index in [4.69, 9.17) is 0 Å². The maximum absolute atomic E-state index is 11.8. The summed E-state index contributed by atoms with van der Waals surface area (Å²) in [7, 11) is 0. The van der Waals surface area contributed by atoms with E-state index in [1.807, 2.05) is 29.0 Å². The third-order valence-corrected chi connectivity index (χ3v) is 4.31. The topological polar surface area (TPSA) is 58.2 Å². The van der Waals surface area contributed by atoms with E-state index in [1.54, 1.807) is 6.07 Å². The number of carbonyl (C=O) groups is 2. The van der Waals surface area contributed by atoms with Crippen LogP contribution in [-0.2, 0) is 4.79 Å². The van der Waals surface area contributed by atoms with Crippen LogP contribution in [0, 0.1) is 0 Å². The molecule has 1 aromatic carbocycles. The van der Waals surface area contributed by atoms with Gasteiger partial charge in [-0.25, -0.2) is 0 Å². The minimum Gasteiger partial charge on any atom is -0.356 e. The maximum atomic E-state index is 11.8. The lowest BCUT2D eigenvalue weighted by molar-refractivity contribution is -0.121. The summed E-state index contributed by atoms with van der Waals surface area (Å²) in [4.78, 5) is 23.5. The molecule has 23 heavy (non-hydrogen) atoms. The third kappa shape index (κ3) is 5.87. The second-order valence-electron chi connectivity index (χ2n) is 5.49. The summed E-state index contributed by atoms with van der Waals surface area (Å²) >= 11 is 1.49. The minimum atomic E-state index is -0.0793. The lowest BCUT2D eigenvalue weighted by atomic mass is 10.0. The number of hydrogen-bond donors (Lipinski definition) is 2. The Kier molecular flexibility index (Phi) is 6.81. The van der Waals surface area contributed by atoms with Gasteiger partial charge in [0.1, 0.15) is 0 Å². The van der Waals surface area contributed by atoms with Gasteiger partial charge in [0.05, 0.1) is 0 Å². The van der Waals surface area contributed by atoms with E-state index in [9.17, 15) is 9.59 Å². The lowest BCUT2D eigenvalue weighted by Crippen LogP contribution is -2.29. The van der Waals surface area contributed by atoms with E-state index in [0.29, 0.717) is 37.4 Å². The Morgan fingerprint density at radius 2 is 1.91 bits per heavy atom. The van der Waals surface area contributed by atoms with Crippen molar-refractivity contribution in [3.05, 3.63) is 58.3 Å². The average molecular weight is 330 g/mol. The highest BCUT2D eigenvalue weighted by molar-refractivity contribution is 7.08. The summed E-state index contributed by atoms with van der Waals surface area (Å²) < 4.78 is 0. The first-order chi connectivity index (χ1) is 11.2. The molecular weight excluding hydrogens is 308 g/mol. The largest absolute Gasteiger partial charge is 0.356 e. The summed E-state index contributed by atoms with van der Waals surface area (Å²) in [6.45, 7) is 3.23. The van der Waals surface area contributed by atoms with Gasteiger partial charge in [-0.2, -0.15) is 11.3 Å². The van der Waals surface area contributed by atoms with Gasteiger partial charge in [-0.1, -0.05) is 37.3 Å². The van der Waals surface area contributed by atoms with Crippen molar-refractivity contribution in [3.8, 4) is 0 Å². The normalized spacial score (nSPS) is 11.7. The highest BCUT2D eigenvalue weighted by Crippen LogP contribution is 2.13. The molecule has 0 saturated carbocycles. The zero-order valence-corrected chi connectivity index (χ0v) is 14.1. The molecule has 2 rings (SSSR count). The number of thiophene rings is 1. The van der Waals surface area contributed by atoms with E-state index in [2.05, 4.69) is 29.7 Å². The second-order valence-corrected chi connectivity index (χ2v) is 6.27. The molecule has 4 nitrogen and oxygen atoms in total. The molecule has 0 unspecified atom stereocenters. The number of amides is 2. The van der Waals surface area contributed by atoms with Crippen LogP contribution in [0.1, 0.15) is 41.6 Å². The minimum absolute atomic E-state index is 0.0255. The molecule has 0 radical (unpaired) electrons. The van der Waals surface area contributed by atoms with Gasteiger partial charge in [0.15, 0.2) is 0 Å². The van der Waals surface area contributed by atoms with Crippen LogP contribution in [0.25, 0.3) is 0 Å².